The monoisotopic (exact) mass is 480 g/mol. The molecule has 0 aromatic heterocycles. The maximum absolute atomic E-state index is 12.7. The quantitative estimate of drug-likeness (QED) is 0.238. The Balaban J connectivity index is 0.00000240. The summed E-state index contributed by atoms with van der Waals surface area (Å²) < 4.78 is 33.7. The maximum atomic E-state index is 12.7. The van der Waals surface area contributed by atoms with Gasteiger partial charge in [0.15, 0.2) is 6.04 Å². The van der Waals surface area contributed by atoms with Crippen molar-refractivity contribution in [1.82, 2.24) is 0 Å². The van der Waals surface area contributed by atoms with E-state index >= 15 is 0 Å². The van der Waals surface area contributed by atoms with Crippen molar-refractivity contribution in [3.05, 3.63) is 53.1 Å². The molecule has 150 valence electrons. The number of carbonyl (C=O) groups is 2. The van der Waals surface area contributed by atoms with Crippen molar-refractivity contribution in [1.29, 1.82) is 0 Å². The molecule has 1 unspecified atom stereocenters. The van der Waals surface area contributed by atoms with E-state index in [-0.39, 0.29) is 86.8 Å². The van der Waals surface area contributed by atoms with E-state index in [2.05, 4.69) is 15.3 Å². The van der Waals surface area contributed by atoms with Crippen molar-refractivity contribution in [2.24, 2.45) is 15.3 Å². The Kier molecular flexibility index (Phi) is 10.0. The summed E-state index contributed by atoms with van der Waals surface area (Å²) in [5, 5.41) is 23.6. The molecule has 0 radical (unpaired) electrons. The van der Waals surface area contributed by atoms with E-state index in [0.29, 0.717) is 0 Å². The summed E-state index contributed by atoms with van der Waals surface area (Å²) in [4.78, 5) is 23.3. The summed E-state index contributed by atoms with van der Waals surface area (Å²) in [6, 6.07) is 7.61. The van der Waals surface area contributed by atoms with Crippen LogP contribution in [-0.4, -0.2) is 36.6 Å². The number of carboxylic acids is 1. The van der Waals surface area contributed by atoms with Gasteiger partial charge in [0, 0.05) is 5.56 Å². The fraction of sp³-hybridized carbons (Fsp3) is 0.118. The van der Waals surface area contributed by atoms with Gasteiger partial charge in [-0.25, -0.2) is 8.42 Å². The van der Waals surface area contributed by atoms with Crippen LogP contribution in [0.25, 0.3) is 0 Å². The summed E-state index contributed by atoms with van der Waals surface area (Å²) in [7, 11) is -4.77. The third-order valence-electron chi connectivity index (χ3n) is 3.94. The van der Waals surface area contributed by atoms with Gasteiger partial charge in [-0.3, -0.25) is 4.79 Å². The van der Waals surface area contributed by atoms with Gasteiger partial charge >= 0.3 is 59.1 Å². The first-order chi connectivity index (χ1) is 13.6. The zero-order chi connectivity index (χ0) is 21.3. The molecule has 1 amide bonds. The summed E-state index contributed by atoms with van der Waals surface area (Å²) in [5.41, 5.74) is -0.120. The number of carboxylic acid groups (broad SMARTS) is 1. The molecular formula is C17H11ClN4Na2O6S. The van der Waals surface area contributed by atoms with Crippen molar-refractivity contribution in [2.45, 2.75) is 17.9 Å². The average Bonchev–Trinajstić information content (AvgIpc) is 2.93. The maximum Gasteiger partial charge on any atom is 1.00 e. The minimum absolute atomic E-state index is 0. The third kappa shape index (κ3) is 6.21. The van der Waals surface area contributed by atoms with Crippen molar-refractivity contribution in [2.75, 3.05) is 5.01 Å². The summed E-state index contributed by atoms with van der Waals surface area (Å²) in [6.07, 6.45) is 0. The van der Waals surface area contributed by atoms with Crippen molar-refractivity contribution >= 4 is 50.7 Å². The fourth-order valence-corrected chi connectivity index (χ4v) is 3.21. The molecule has 0 aliphatic carbocycles. The van der Waals surface area contributed by atoms with Crippen molar-refractivity contribution in [3.8, 4) is 0 Å². The van der Waals surface area contributed by atoms with Crippen LogP contribution in [0, 0.1) is 0 Å². The van der Waals surface area contributed by atoms with Gasteiger partial charge in [0.05, 0.1) is 33.0 Å². The van der Waals surface area contributed by atoms with E-state index in [4.69, 9.17) is 11.6 Å². The number of azo groups is 1. The number of aromatic carboxylic acids is 1. The third-order valence-corrected chi connectivity index (χ3v) is 5.09. The topological polar surface area (TPSA) is 155 Å². The molecule has 0 fully saturated rings. The predicted molar refractivity (Wildman–Crippen MR) is 99.1 cm³/mol. The smallest absolute Gasteiger partial charge is 0.744 e. The van der Waals surface area contributed by atoms with E-state index in [1.54, 1.807) is 6.07 Å². The van der Waals surface area contributed by atoms with Crippen LogP contribution in [0.4, 0.5) is 11.4 Å². The van der Waals surface area contributed by atoms with Gasteiger partial charge in [-0.1, -0.05) is 29.8 Å². The van der Waals surface area contributed by atoms with Gasteiger partial charge < -0.3 is 14.5 Å². The molecule has 1 heterocycles. The molecule has 2 aromatic carbocycles. The first kappa shape index (κ1) is 27.9. The molecule has 1 aliphatic rings. The first-order valence-corrected chi connectivity index (χ1v) is 9.74. The van der Waals surface area contributed by atoms with E-state index in [1.165, 1.54) is 25.1 Å². The Bertz CT molecular complexity index is 1190. The summed E-state index contributed by atoms with van der Waals surface area (Å²) >= 11 is 6.03. The minimum atomic E-state index is -4.77. The Labute approximate surface area is 226 Å². The van der Waals surface area contributed by atoms with E-state index in [0.717, 1.165) is 23.2 Å². The molecule has 10 nitrogen and oxygen atoms in total. The first-order valence-electron chi connectivity index (χ1n) is 7.95. The second-order valence-electron chi connectivity index (χ2n) is 5.88. The number of hydrazone groups is 1. The van der Waals surface area contributed by atoms with Crippen LogP contribution < -0.4 is 69.2 Å². The number of benzene rings is 2. The molecule has 2 aromatic rings. The van der Waals surface area contributed by atoms with E-state index in [1.807, 2.05) is 0 Å². The molecule has 0 spiro atoms. The fourth-order valence-electron chi connectivity index (χ4n) is 2.53. The van der Waals surface area contributed by atoms with Crippen LogP contribution in [0.1, 0.15) is 17.3 Å². The number of rotatable bonds is 5. The van der Waals surface area contributed by atoms with Crippen molar-refractivity contribution < 1.29 is 86.8 Å². The summed E-state index contributed by atoms with van der Waals surface area (Å²) in [5.74, 6) is -2.16. The largest absolute Gasteiger partial charge is 1.00 e. The average molecular weight is 481 g/mol. The van der Waals surface area contributed by atoms with Crippen LogP contribution in [0.3, 0.4) is 0 Å². The van der Waals surface area contributed by atoms with Gasteiger partial charge in [0.1, 0.15) is 10.1 Å². The van der Waals surface area contributed by atoms with Crippen LogP contribution in [0.2, 0.25) is 5.02 Å². The number of hydrogen-bond acceptors (Lipinski definition) is 9. The predicted octanol–water partition coefficient (Wildman–Crippen LogP) is -4.51. The number of hydrogen-bond donors (Lipinski definition) is 0. The van der Waals surface area contributed by atoms with Gasteiger partial charge in [-0.05, 0) is 31.2 Å². The Morgan fingerprint density at radius 3 is 2.45 bits per heavy atom. The van der Waals surface area contributed by atoms with Crippen LogP contribution in [0.5, 0.6) is 0 Å². The molecule has 0 saturated heterocycles. The molecule has 31 heavy (non-hydrogen) atoms. The number of carbonyl (C=O) groups excluding carboxylic acids is 2. The molecule has 1 atom stereocenters. The van der Waals surface area contributed by atoms with Gasteiger partial charge in [-0.15, -0.1) is 0 Å². The van der Waals surface area contributed by atoms with E-state index < -0.39 is 32.9 Å². The summed E-state index contributed by atoms with van der Waals surface area (Å²) in [6.45, 7) is 1.48. The van der Waals surface area contributed by atoms with Crippen molar-refractivity contribution in [3.63, 3.8) is 0 Å². The second kappa shape index (κ2) is 11.1. The minimum Gasteiger partial charge on any atom is -0.744 e. The number of anilines is 1. The molecule has 0 bridgehead atoms. The molecule has 14 heteroatoms. The number of halogens is 1. The zero-order valence-corrected chi connectivity index (χ0v) is 22.2. The Morgan fingerprint density at radius 2 is 1.84 bits per heavy atom. The molecule has 3 rings (SSSR count). The van der Waals surface area contributed by atoms with Crippen LogP contribution in [0.15, 0.2) is 62.7 Å². The second-order valence-corrected chi connectivity index (χ2v) is 7.67. The molecular weight excluding hydrogens is 470 g/mol. The van der Waals surface area contributed by atoms with Gasteiger partial charge in [0.25, 0.3) is 5.91 Å². The van der Waals surface area contributed by atoms with Crippen LogP contribution in [-0.2, 0) is 14.9 Å². The van der Waals surface area contributed by atoms with Gasteiger partial charge in [0.2, 0.25) is 0 Å². The molecule has 0 saturated carbocycles. The molecule has 0 N–H and O–H groups in total. The molecule has 1 aliphatic heterocycles. The van der Waals surface area contributed by atoms with E-state index in [9.17, 15) is 27.7 Å². The SMILES string of the molecule is CC1=NN(c2cc(S(=O)(=O)[O-])ccc2Cl)C(=O)C1N=Nc1ccccc1C(=O)[O-].[Na+].[Na+]. The number of nitrogens with zero attached hydrogens (tertiary/aromatic N) is 4. The standard InChI is InChI=1S/C17H13ClN4O6S.2Na/c1-9-15(20-19-13-5-3-2-4-11(13)17(24)25)16(23)22(21-9)14-8-10(29(26,27)28)6-7-12(14)18;;/h2-8,15H,1H3,(H,24,25)(H,26,27,28);;/q;2*+1/p-2. The normalized spacial score (nSPS) is 16.0. The number of amides is 1. The Hall–Kier alpha value is -1.15. The zero-order valence-electron chi connectivity index (χ0n) is 16.6. The van der Waals surface area contributed by atoms with Gasteiger partial charge in [-0.2, -0.15) is 20.3 Å². The Morgan fingerprint density at radius 1 is 1.19 bits per heavy atom. The van der Waals surface area contributed by atoms with Crippen LogP contribution >= 0.6 is 11.6 Å².